The van der Waals surface area contributed by atoms with E-state index in [1.807, 2.05) is 36.4 Å². The van der Waals surface area contributed by atoms with E-state index in [1.54, 1.807) is 37.4 Å². The van der Waals surface area contributed by atoms with Gasteiger partial charge in [0.1, 0.15) is 5.75 Å². The zero-order valence-corrected chi connectivity index (χ0v) is 15.6. The van der Waals surface area contributed by atoms with E-state index in [1.165, 1.54) is 6.08 Å². The quantitative estimate of drug-likeness (QED) is 0.503. The molecule has 1 aromatic heterocycles. The van der Waals surface area contributed by atoms with Crippen LogP contribution < -0.4 is 4.74 Å². The van der Waals surface area contributed by atoms with E-state index in [-0.39, 0.29) is 24.8 Å². The highest BCUT2D eigenvalue weighted by Crippen LogP contribution is 2.14. The SMILES string of the molecule is CCOC(=O)CCN(Cc1ccncc1)C(=O)/C=C/c1cccc(OC)c1. The van der Waals surface area contributed by atoms with Gasteiger partial charge in [0.25, 0.3) is 0 Å². The van der Waals surface area contributed by atoms with Crippen molar-refractivity contribution in [3.05, 3.63) is 66.0 Å². The fourth-order valence-electron chi connectivity index (χ4n) is 2.45. The Morgan fingerprint density at radius 1 is 1.19 bits per heavy atom. The number of hydrogen-bond donors (Lipinski definition) is 0. The van der Waals surface area contributed by atoms with E-state index in [9.17, 15) is 9.59 Å². The summed E-state index contributed by atoms with van der Waals surface area (Å²) in [6, 6.07) is 11.1. The van der Waals surface area contributed by atoms with Crippen LogP contribution in [0, 0.1) is 0 Å². The Morgan fingerprint density at radius 2 is 1.96 bits per heavy atom. The fraction of sp³-hybridized carbons (Fsp3) is 0.286. The zero-order chi connectivity index (χ0) is 19.5. The normalized spacial score (nSPS) is 10.6. The summed E-state index contributed by atoms with van der Waals surface area (Å²) in [5.74, 6) is 0.223. The molecule has 0 unspecified atom stereocenters. The molecule has 1 heterocycles. The van der Waals surface area contributed by atoms with Crippen LogP contribution in [0.1, 0.15) is 24.5 Å². The summed E-state index contributed by atoms with van der Waals surface area (Å²) >= 11 is 0. The molecule has 0 radical (unpaired) electrons. The van der Waals surface area contributed by atoms with Gasteiger partial charge in [0.05, 0.1) is 20.1 Å². The van der Waals surface area contributed by atoms with Crippen LogP contribution in [0.3, 0.4) is 0 Å². The van der Waals surface area contributed by atoms with Crippen LogP contribution in [0.4, 0.5) is 0 Å². The Hall–Kier alpha value is -3.15. The van der Waals surface area contributed by atoms with Gasteiger partial charge in [-0.3, -0.25) is 14.6 Å². The number of nitrogens with zero attached hydrogens (tertiary/aromatic N) is 2. The maximum absolute atomic E-state index is 12.7. The summed E-state index contributed by atoms with van der Waals surface area (Å²) in [6.45, 7) is 2.76. The van der Waals surface area contributed by atoms with Crippen molar-refractivity contribution in [3.8, 4) is 5.75 Å². The van der Waals surface area contributed by atoms with Gasteiger partial charge in [-0.15, -0.1) is 0 Å². The number of ether oxygens (including phenoxy) is 2. The molecule has 1 amide bonds. The number of rotatable bonds is 9. The Kier molecular flexibility index (Phi) is 8.03. The minimum absolute atomic E-state index is 0.150. The van der Waals surface area contributed by atoms with Crippen molar-refractivity contribution < 1.29 is 19.1 Å². The molecule has 6 heteroatoms. The van der Waals surface area contributed by atoms with E-state index >= 15 is 0 Å². The molecule has 1 aromatic carbocycles. The maximum Gasteiger partial charge on any atom is 0.307 e. The van der Waals surface area contributed by atoms with Crippen molar-refractivity contribution in [2.75, 3.05) is 20.3 Å². The summed E-state index contributed by atoms with van der Waals surface area (Å²) in [6.07, 6.45) is 6.73. The molecule has 0 aliphatic rings. The van der Waals surface area contributed by atoms with Crippen molar-refractivity contribution in [1.82, 2.24) is 9.88 Å². The van der Waals surface area contributed by atoms with Crippen LogP contribution in [0.25, 0.3) is 6.08 Å². The van der Waals surface area contributed by atoms with Crippen LogP contribution in [0.15, 0.2) is 54.9 Å². The molecule has 0 spiro atoms. The lowest BCUT2D eigenvalue weighted by Gasteiger charge is -2.21. The lowest BCUT2D eigenvalue weighted by Crippen LogP contribution is -2.31. The van der Waals surface area contributed by atoms with Crippen molar-refractivity contribution in [3.63, 3.8) is 0 Å². The summed E-state index contributed by atoms with van der Waals surface area (Å²) in [5, 5.41) is 0. The number of carbonyl (C=O) groups excluding carboxylic acids is 2. The summed E-state index contributed by atoms with van der Waals surface area (Å²) < 4.78 is 10.1. The number of carbonyl (C=O) groups is 2. The molecule has 0 fully saturated rings. The molecular formula is C21H24N2O4. The molecule has 0 bridgehead atoms. The molecular weight excluding hydrogens is 344 g/mol. The van der Waals surface area contributed by atoms with Crippen LogP contribution in [0.5, 0.6) is 5.75 Å². The number of aromatic nitrogens is 1. The fourth-order valence-corrected chi connectivity index (χ4v) is 2.45. The van der Waals surface area contributed by atoms with Gasteiger partial charge in [-0.25, -0.2) is 0 Å². The van der Waals surface area contributed by atoms with Crippen molar-refractivity contribution in [2.24, 2.45) is 0 Å². The minimum Gasteiger partial charge on any atom is -0.497 e. The van der Waals surface area contributed by atoms with E-state index < -0.39 is 0 Å². The van der Waals surface area contributed by atoms with Crippen LogP contribution in [-0.4, -0.2) is 42.0 Å². The highest BCUT2D eigenvalue weighted by Gasteiger charge is 2.14. The van der Waals surface area contributed by atoms with Gasteiger partial charge in [-0.1, -0.05) is 12.1 Å². The highest BCUT2D eigenvalue weighted by atomic mass is 16.5. The van der Waals surface area contributed by atoms with Gasteiger partial charge < -0.3 is 14.4 Å². The first-order valence-electron chi connectivity index (χ1n) is 8.78. The largest absolute Gasteiger partial charge is 0.497 e. The second-order valence-electron chi connectivity index (χ2n) is 5.78. The van der Waals surface area contributed by atoms with E-state index in [4.69, 9.17) is 9.47 Å². The maximum atomic E-state index is 12.7. The molecule has 2 rings (SSSR count). The lowest BCUT2D eigenvalue weighted by atomic mass is 10.2. The first-order chi connectivity index (χ1) is 13.1. The molecule has 2 aromatic rings. The van der Waals surface area contributed by atoms with E-state index in [0.29, 0.717) is 13.2 Å². The number of pyridine rings is 1. The van der Waals surface area contributed by atoms with Gasteiger partial charge in [-0.2, -0.15) is 0 Å². The molecule has 0 aliphatic heterocycles. The van der Waals surface area contributed by atoms with E-state index in [2.05, 4.69) is 4.98 Å². The number of esters is 1. The Morgan fingerprint density at radius 3 is 2.67 bits per heavy atom. The minimum atomic E-state index is -0.318. The van der Waals surface area contributed by atoms with Crippen molar-refractivity contribution in [1.29, 1.82) is 0 Å². The molecule has 0 atom stereocenters. The molecule has 0 saturated heterocycles. The third-order valence-corrected chi connectivity index (χ3v) is 3.84. The summed E-state index contributed by atoms with van der Waals surface area (Å²) in [4.78, 5) is 30.0. The van der Waals surface area contributed by atoms with Crippen LogP contribution >= 0.6 is 0 Å². The predicted octanol–water partition coefficient (Wildman–Crippen LogP) is 3.09. The average Bonchev–Trinajstić information content (AvgIpc) is 2.70. The summed E-state index contributed by atoms with van der Waals surface area (Å²) in [5.41, 5.74) is 1.80. The average molecular weight is 368 g/mol. The molecule has 0 saturated carbocycles. The molecule has 27 heavy (non-hydrogen) atoms. The Labute approximate surface area is 159 Å². The highest BCUT2D eigenvalue weighted by molar-refractivity contribution is 5.92. The third-order valence-electron chi connectivity index (χ3n) is 3.84. The first-order valence-corrected chi connectivity index (χ1v) is 8.78. The monoisotopic (exact) mass is 368 g/mol. The Bertz CT molecular complexity index is 775. The van der Waals surface area contributed by atoms with Gasteiger partial charge in [-0.05, 0) is 48.4 Å². The number of hydrogen-bond acceptors (Lipinski definition) is 5. The van der Waals surface area contributed by atoms with Gasteiger partial charge in [0.15, 0.2) is 0 Å². The van der Waals surface area contributed by atoms with Crippen molar-refractivity contribution in [2.45, 2.75) is 19.9 Å². The lowest BCUT2D eigenvalue weighted by molar-refractivity contribution is -0.143. The number of benzene rings is 1. The third kappa shape index (κ3) is 6.93. The Balaban J connectivity index is 2.08. The molecule has 0 aliphatic carbocycles. The topological polar surface area (TPSA) is 68.7 Å². The smallest absolute Gasteiger partial charge is 0.307 e. The van der Waals surface area contributed by atoms with Gasteiger partial charge >= 0.3 is 5.97 Å². The van der Waals surface area contributed by atoms with Crippen molar-refractivity contribution >= 4 is 18.0 Å². The standard InChI is InChI=1S/C21H24N2O4/c1-3-27-21(25)11-14-23(16-18-9-12-22-13-10-18)20(24)8-7-17-5-4-6-19(15-17)26-2/h4-10,12-13,15H,3,11,14,16H2,1-2H3/b8-7+. The second-order valence-corrected chi connectivity index (χ2v) is 5.78. The van der Waals surface area contributed by atoms with Gasteiger partial charge in [0.2, 0.25) is 5.91 Å². The number of methoxy groups -OCH3 is 1. The van der Waals surface area contributed by atoms with Crippen LogP contribution in [-0.2, 0) is 20.9 Å². The van der Waals surface area contributed by atoms with E-state index in [0.717, 1.165) is 16.9 Å². The van der Waals surface area contributed by atoms with Crippen LogP contribution in [0.2, 0.25) is 0 Å². The predicted molar refractivity (Wildman–Crippen MR) is 103 cm³/mol. The molecule has 0 N–H and O–H groups in total. The first kappa shape index (κ1) is 20.2. The molecule has 142 valence electrons. The second kappa shape index (κ2) is 10.8. The molecule has 6 nitrogen and oxygen atoms in total. The summed E-state index contributed by atoms with van der Waals surface area (Å²) in [7, 11) is 1.60. The number of amides is 1. The van der Waals surface area contributed by atoms with Gasteiger partial charge in [0, 0.05) is 31.6 Å². The zero-order valence-electron chi connectivity index (χ0n) is 15.6.